The number of halogens is 1. The van der Waals surface area contributed by atoms with Crippen molar-refractivity contribution in [2.45, 2.75) is 6.92 Å². The predicted octanol–water partition coefficient (Wildman–Crippen LogP) is 0.781. The minimum absolute atomic E-state index is 0.00424. The number of amides is 1. The molecule has 2 rings (SSSR count). The van der Waals surface area contributed by atoms with E-state index in [4.69, 9.17) is 0 Å². The number of hydrogen-bond acceptors (Lipinski definition) is 4. The van der Waals surface area contributed by atoms with Crippen molar-refractivity contribution in [3.05, 3.63) is 55.0 Å². The summed E-state index contributed by atoms with van der Waals surface area (Å²) in [5, 5.41) is 2.44. The third kappa shape index (κ3) is 2.97. The summed E-state index contributed by atoms with van der Waals surface area (Å²) in [4.78, 5) is 42.8. The van der Waals surface area contributed by atoms with E-state index in [1.165, 1.54) is 19.3 Å². The lowest BCUT2D eigenvalue weighted by Gasteiger charge is -2.06. The van der Waals surface area contributed by atoms with Crippen molar-refractivity contribution < 1.29 is 4.79 Å². The topological polar surface area (TPSA) is 108 Å². The van der Waals surface area contributed by atoms with Crippen LogP contribution in [0.3, 0.4) is 0 Å². The normalized spacial score (nSPS) is 10.2. The van der Waals surface area contributed by atoms with Crippen LogP contribution < -0.4 is 16.6 Å². The Morgan fingerprint density at radius 2 is 2.05 bits per heavy atom. The van der Waals surface area contributed by atoms with Gasteiger partial charge in [0.15, 0.2) is 0 Å². The predicted molar refractivity (Wildman–Crippen MR) is 72.3 cm³/mol. The molecule has 0 bridgehead atoms. The molecule has 98 valence electrons. The summed E-state index contributed by atoms with van der Waals surface area (Å²) < 4.78 is 0.646. The molecular weight excluding hydrogens is 316 g/mol. The Hall–Kier alpha value is -2.22. The number of aromatic amines is 2. The number of carbonyl (C=O) groups is 1. The number of rotatable bonds is 2. The second-order valence-electron chi connectivity index (χ2n) is 3.75. The molecule has 8 heteroatoms. The molecule has 2 heterocycles. The van der Waals surface area contributed by atoms with Gasteiger partial charge in [-0.25, -0.2) is 4.79 Å². The molecule has 0 fully saturated rings. The number of pyridine rings is 1. The van der Waals surface area contributed by atoms with Crippen LogP contribution in [0.2, 0.25) is 0 Å². The van der Waals surface area contributed by atoms with E-state index in [0.29, 0.717) is 10.0 Å². The maximum absolute atomic E-state index is 11.9. The van der Waals surface area contributed by atoms with Gasteiger partial charge in [-0.05, 0) is 28.9 Å². The van der Waals surface area contributed by atoms with E-state index in [-0.39, 0.29) is 11.4 Å². The fraction of sp³-hybridized carbons (Fsp3) is 0.0909. The lowest BCUT2D eigenvalue weighted by Crippen LogP contribution is -2.28. The van der Waals surface area contributed by atoms with Crippen LogP contribution in [0.5, 0.6) is 0 Å². The summed E-state index contributed by atoms with van der Waals surface area (Å²) in [5.74, 6) is -0.491. The van der Waals surface area contributed by atoms with Gasteiger partial charge in [0.05, 0.1) is 5.56 Å². The molecule has 0 aromatic carbocycles. The molecule has 0 aliphatic carbocycles. The van der Waals surface area contributed by atoms with Crippen molar-refractivity contribution in [3.8, 4) is 0 Å². The van der Waals surface area contributed by atoms with Gasteiger partial charge in [0, 0.05) is 22.6 Å². The van der Waals surface area contributed by atoms with Crippen LogP contribution in [0.25, 0.3) is 0 Å². The molecule has 0 atom stereocenters. The van der Waals surface area contributed by atoms with Crippen molar-refractivity contribution in [1.82, 2.24) is 15.0 Å². The standard InChI is InChI=1S/C11H9BrN4O3/c1-5-8(10(18)16-11(19)14-5)15-9(17)6-2-7(12)4-13-3-6/h2-4H,1H3,(H,15,17)(H2,14,16,18,19). The zero-order valence-corrected chi connectivity index (χ0v) is 11.4. The number of nitrogens with zero attached hydrogens (tertiary/aromatic N) is 1. The number of carbonyl (C=O) groups excluding carboxylic acids is 1. The quantitative estimate of drug-likeness (QED) is 0.758. The summed E-state index contributed by atoms with van der Waals surface area (Å²) in [6.07, 6.45) is 2.91. The lowest BCUT2D eigenvalue weighted by molar-refractivity contribution is 0.102. The minimum atomic E-state index is -0.655. The molecule has 7 nitrogen and oxygen atoms in total. The number of anilines is 1. The van der Waals surface area contributed by atoms with Gasteiger partial charge in [-0.15, -0.1) is 0 Å². The van der Waals surface area contributed by atoms with Crippen LogP contribution in [0.1, 0.15) is 16.1 Å². The first kappa shape index (κ1) is 13.2. The molecule has 2 aromatic rings. The molecule has 2 aromatic heterocycles. The first-order chi connectivity index (χ1) is 8.97. The maximum Gasteiger partial charge on any atom is 0.326 e. The third-order valence-corrected chi connectivity index (χ3v) is 2.77. The highest BCUT2D eigenvalue weighted by Crippen LogP contribution is 2.11. The largest absolute Gasteiger partial charge is 0.326 e. The van der Waals surface area contributed by atoms with E-state index in [1.54, 1.807) is 6.07 Å². The molecule has 0 aliphatic rings. The van der Waals surface area contributed by atoms with Crippen LogP contribution in [-0.2, 0) is 0 Å². The van der Waals surface area contributed by atoms with E-state index in [9.17, 15) is 14.4 Å². The number of aryl methyl sites for hydroxylation is 1. The Bertz CT molecular complexity index is 750. The SMILES string of the molecule is Cc1[nH]c(=O)[nH]c(=O)c1NC(=O)c1cncc(Br)c1. The van der Waals surface area contributed by atoms with Gasteiger partial charge in [0.25, 0.3) is 11.5 Å². The van der Waals surface area contributed by atoms with E-state index in [1.807, 2.05) is 4.98 Å². The maximum atomic E-state index is 11.9. The minimum Gasteiger partial charge on any atom is -0.316 e. The fourth-order valence-corrected chi connectivity index (χ4v) is 1.84. The smallest absolute Gasteiger partial charge is 0.316 e. The molecule has 0 unspecified atom stereocenters. The Morgan fingerprint density at radius 1 is 1.32 bits per heavy atom. The Kier molecular flexibility index (Phi) is 3.61. The van der Waals surface area contributed by atoms with Gasteiger partial charge >= 0.3 is 5.69 Å². The highest BCUT2D eigenvalue weighted by molar-refractivity contribution is 9.10. The van der Waals surface area contributed by atoms with E-state index >= 15 is 0 Å². The average Bonchev–Trinajstić information content (AvgIpc) is 2.33. The van der Waals surface area contributed by atoms with Gasteiger partial charge < -0.3 is 10.3 Å². The van der Waals surface area contributed by atoms with Crippen molar-refractivity contribution in [1.29, 1.82) is 0 Å². The van der Waals surface area contributed by atoms with Gasteiger partial charge in [0.1, 0.15) is 5.69 Å². The van der Waals surface area contributed by atoms with Crippen molar-refractivity contribution in [2.75, 3.05) is 5.32 Å². The molecule has 0 spiro atoms. The molecule has 3 N–H and O–H groups in total. The van der Waals surface area contributed by atoms with Crippen LogP contribution in [0.15, 0.2) is 32.5 Å². The first-order valence-electron chi connectivity index (χ1n) is 5.22. The monoisotopic (exact) mass is 324 g/mol. The molecular formula is C11H9BrN4O3. The van der Waals surface area contributed by atoms with Gasteiger partial charge in [0.2, 0.25) is 0 Å². The Balaban J connectivity index is 2.35. The first-order valence-corrected chi connectivity index (χ1v) is 6.02. The van der Waals surface area contributed by atoms with Crippen LogP contribution in [-0.4, -0.2) is 20.9 Å². The summed E-state index contributed by atoms with van der Waals surface area (Å²) in [6.45, 7) is 1.52. The number of H-pyrrole nitrogens is 2. The van der Waals surface area contributed by atoms with Gasteiger partial charge in [-0.3, -0.25) is 19.6 Å². The molecule has 1 amide bonds. The van der Waals surface area contributed by atoms with Gasteiger partial charge in [-0.1, -0.05) is 0 Å². The molecule has 0 saturated carbocycles. The summed E-state index contributed by atoms with van der Waals surface area (Å²) in [6, 6.07) is 1.57. The van der Waals surface area contributed by atoms with Crippen LogP contribution in [0.4, 0.5) is 5.69 Å². The van der Waals surface area contributed by atoms with Crippen LogP contribution in [0, 0.1) is 6.92 Å². The van der Waals surface area contributed by atoms with E-state index in [0.717, 1.165) is 0 Å². The number of nitrogens with one attached hydrogen (secondary N) is 3. The van der Waals surface area contributed by atoms with Crippen LogP contribution >= 0.6 is 15.9 Å². The van der Waals surface area contributed by atoms with E-state index in [2.05, 4.69) is 31.2 Å². The molecule has 0 saturated heterocycles. The zero-order valence-electron chi connectivity index (χ0n) is 9.78. The fourth-order valence-electron chi connectivity index (χ4n) is 1.47. The lowest BCUT2D eigenvalue weighted by atomic mass is 10.2. The average molecular weight is 325 g/mol. The van der Waals surface area contributed by atoms with Gasteiger partial charge in [-0.2, -0.15) is 0 Å². The van der Waals surface area contributed by atoms with Crippen molar-refractivity contribution in [2.24, 2.45) is 0 Å². The van der Waals surface area contributed by atoms with Crippen molar-refractivity contribution in [3.63, 3.8) is 0 Å². The second-order valence-corrected chi connectivity index (χ2v) is 4.67. The molecule has 19 heavy (non-hydrogen) atoms. The summed E-state index contributed by atoms with van der Waals surface area (Å²) >= 11 is 3.20. The second kappa shape index (κ2) is 5.19. The molecule has 0 radical (unpaired) electrons. The molecule has 0 aliphatic heterocycles. The van der Waals surface area contributed by atoms with E-state index < -0.39 is 17.2 Å². The Labute approximate surface area is 115 Å². The summed E-state index contributed by atoms with van der Waals surface area (Å²) in [5.41, 5.74) is -0.698. The zero-order chi connectivity index (χ0) is 14.0. The highest BCUT2D eigenvalue weighted by atomic mass is 79.9. The van der Waals surface area contributed by atoms with Crippen molar-refractivity contribution >= 4 is 27.5 Å². The Morgan fingerprint density at radius 3 is 2.68 bits per heavy atom. The number of hydrogen-bond donors (Lipinski definition) is 3. The summed E-state index contributed by atoms with van der Waals surface area (Å²) in [7, 11) is 0. The number of aromatic nitrogens is 3. The highest BCUT2D eigenvalue weighted by Gasteiger charge is 2.12. The third-order valence-electron chi connectivity index (χ3n) is 2.34.